The van der Waals surface area contributed by atoms with Gasteiger partial charge >= 0.3 is 0 Å². The quantitative estimate of drug-likeness (QED) is 0.600. The zero-order chi connectivity index (χ0) is 9.84. The molecule has 13 heavy (non-hydrogen) atoms. The van der Waals surface area contributed by atoms with Crippen molar-refractivity contribution in [2.24, 2.45) is 5.73 Å². The standard InChI is InChI=1S/C8H8Cl2N2S/c9-6-2-1-5(7(10)3-6)4-13-8(11)12/h1-3H,4H2,(H3,11,12)/p+1. The first-order chi connectivity index (χ1) is 6.09. The zero-order valence-electron chi connectivity index (χ0n) is 6.76. The number of nitrogens with two attached hydrogens (primary N) is 2. The molecule has 1 rings (SSSR count). The molecule has 0 saturated carbocycles. The van der Waals surface area contributed by atoms with Gasteiger partial charge in [-0.15, -0.1) is 0 Å². The van der Waals surface area contributed by atoms with Crippen LogP contribution in [0.4, 0.5) is 0 Å². The summed E-state index contributed by atoms with van der Waals surface area (Å²) in [6, 6.07) is 5.35. The van der Waals surface area contributed by atoms with Crippen LogP contribution in [0.15, 0.2) is 18.2 Å². The van der Waals surface area contributed by atoms with Crippen LogP contribution in [0.25, 0.3) is 0 Å². The lowest BCUT2D eigenvalue weighted by Crippen LogP contribution is -2.43. The van der Waals surface area contributed by atoms with Crippen LogP contribution in [0.5, 0.6) is 0 Å². The van der Waals surface area contributed by atoms with Crippen molar-refractivity contribution in [1.29, 1.82) is 0 Å². The molecule has 70 valence electrons. The van der Waals surface area contributed by atoms with Crippen LogP contribution in [-0.4, -0.2) is 5.17 Å². The van der Waals surface area contributed by atoms with Crippen LogP contribution in [0.3, 0.4) is 0 Å². The van der Waals surface area contributed by atoms with E-state index in [1.54, 1.807) is 12.1 Å². The number of hydrogen-bond donors (Lipinski definition) is 2. The Hall–Kier alpha value is -0.380. The summed E-state index contributed by atoms with van der Waals surface area (Å²) >= 11 is 13.0. The van der Waals surface area contributed by atoms with Gasteiger partial charge in [0.15, 0.2) is 0 Å². The number of rotatable bonds is 2. The first-order valence-electron chi connectivity index (χ1n) is 3.54. The van der Waals surface area contributed by atoms with Gasteiger partial charge in [-0.2, -0.15) is 0 Å². The fourth-order valence-electron chi connectivity index (χ4n) is 0.800. The molecule has 0 atom stereocenters. The van der Waals surface area contributed by atoms with Gasteiger partial charge in [-0.3, -0.25) is 11.1 Å². The van der Waals surface area contributed by atoms with Crippen LogP contribution in [-0.2, 0) is 5.75 Å². The third-order valence-corrected chi connectivity index (χ3v) is 2.79. The lowest BCUT2D eigenvalue weighted by atomic mass is 10.2. The lowest BCUT2D eigenvalue weighted by Gasteiger charge is -2.01. The first kappa shape index (κ1) is 10.7. The van der Waals surface area contributed by atoms with Crippen LogP contribution in [0, 0.1) is 0 Å². The van der Waals surface area contributed by atoms with Crippen molar-refractivity contribution in [2.45, 2.75) is 5.75 Å². The van der Waals surface area contributed by atoms with E-state index >= 15 is 0 Å². The molecule has 0 unspecified atom stereocenters. The highest BCUT2D eigenvalue weighted by Gasteiger charge is 2.03. The van der Waals surface area contributed by atoms with Crippen molar-refractivity contribution in [3.8, 4) is 0 Å². The molecule has 0 aromatic heterocycles. The minimum absolute atomic E-state index is 0.339. The maximum atomic E-state index is 5.92. The van der Waals surface area contributed by atoms with E-state index < -0.39 is 0 Å². The van der Waals surface area contributed by atoms with E-state index in [1.165, 1.54) is 11.8 Å². The van der Waals surface area contributed by atoms with Crippen molar-refractivity contribution in [3.05, 3.63) is 33.8 Å². The van der Waals surface area contributed by atoms with Crippen LogP contribution in [0.1, 0.15) is 5.56 Å². The van der Waals surface area contributed by atoms with Crippen LogP contribution < -0.4 is 11.1 Å². The maximum Gasteiger partial charge on any atom is 0.300 e. The molecule has 4 N–H and O–H groups in total. The van der Waals surface area contributed by atoms with Crippen molar-refractivity contribution < 1.29 is 5.41 Å². The van der Waals surface area contributed by atoms with Gasteiger partial charge < -0.3 is 0 Å². The number of halogens is 2. The highest BCUT2D eigenvalue weighted by Crippen LogP contribution is 2.24. The highest BCUT2D eigenvalue weighted by atomic mass is 35.5. The van der Waals surface area contributed by atoms with Gasteiger partial charge in [-0.05, 0) is 29.5 Å². The van der Waals surface area contributed by atoms with Gasteiger partial charge in [0.05, 0.1) is 0 Å². The zero-order valence-corrected chi connectivity index (χ0v) is 9.09. The summed E-state index contributed by atoms with van der Waals surface area (Å²) in [4.78, 5) is 0. The van der Waals surface area contributed by atoms with E-state index in [0.717, 1.165) is 5.56 Å². The van der Waals surface area contributed by atoms with E-state index in [1.807, 2.05) is 6.07 Å². The third-order valence-electron chi connectivity index (χ3n) is 1.41. The van der Waals surface area contributed by atoms with Crippen LogP contribution >= 0.6 is 35.0 Å². The fourth-order valence-corrected chi connectivity index (χ4v) is 1.93. The minimum atomic E-state index is 0.339. The van der Waals surface area contributed by atoms with E-state index in [9.17, 15) is 0 Å². The number of thioether (sulfide) groups is 1. The Kier molecular flexibility index (Phi) is 3.90. The smallest absolute Gasteiger partial charge is 0.282 e. The number of benzene rings is 1. The molecular weight excluding hydrogens is 227 g/mol. The number of hydrogen-bond acceptors (Lipinski definition) is 1. The number of amidine groups is 1. The lowest BCUT2D eigenvalue weighted by molar-refractivity contribution is -0.110. The fraction of sp³-hybridized carbons (Fsp3) is 0.125. The Bertz CT molecular complexity index is 328. The molecule has 0 amide bonds. The SMILES string of the molecule is NC(=[NH2+])SCc1ccc(Cl)cc1Cl. The molecule has 0 heterocycles. The topological polar surface area (TPSA) is 51.6 Å². The Morgan fingerprint density at radius 2 is 2.15 bits per heavy atom. The van der Waals surface area contributed by atoms with Gasteiger partial charge in [0.1, 0.15) is 0 Å². The normalized spacial score (nSPS) is 10.0. The average Bonchev–Trinajstić information content (AvgIpc) is 2.02. The maximum absolute atomic E-state index is 5.92. The molecule has 0 aliphatic rings. The molecule has 0 saturated heterocycles. The first-order valence-corrected chi connectivity index (χ1v) is 5.28. The summed E-state index contributed by atoms with van der Waals surface area (Å²) in [5.74, 6) is 0.665. The minimum Gasteiger partial charge on any atom is -0.282 e. The van der Waals surface area contributed by atoms with Crippen molar-refractivity contribution in [3.63, 3.8) is 0 Å². The second-order valence-corrected chi connectivity index (χ2v) is 4.32. The van der Waals surface area contributed by atoms with Gasteiger partial charge in [0.2, 0.25) is 0 Å². The summed E-state index contributed by atoms with van der Waals surface area (Å²) in [5, 5.41) is 6.92. The molecule has 5 heteroatoms. The van der Waals surface area contributed by atoms with Crippen molar-refractivity contribution in [2.75, 3.05) is 0 Å². The molecule has 0 radical (unpaired) electrons. The van der Waals surface area contributed by atoms with Crippen LogP contribution in [0.2, 0.25) is 10.0 Å². The molecule has 1 aromatic carbocycles. The molecule has 0 aliphatic heterocycles. The molecule has 0 fully saturated rings. The Morgan fingerprint density at radius 3 is 2.69 bits per heavy atom. The molecule has 1 aromatic rings. The second kappa shape index (κ2) is 4.74. The largest absolute Gasteiger partial charge is 0.300 e. The Morgan fingerprint density at radius 1 is 1.46 bits per heavy atom. The predicted octanol–water partition coefficient (Wildman–Crippen LogP) is 1.30. The van der Waals surface area contributed by atoms with Crippen molar-refractivity contribution in [1.82, 2.24) is 0 Å². The highest BCUT2D eigenvalue weighted by molar-refractivity contribution is 8.12. The second-order valence-electron chi connectivity index (χ2n) is 2.43. The monoisotopic (exact) mass is 235 g/mol. The summed E-state index contributed by atoms with van der Waals surface area (Å²) in [6.07, 6.45) is 0. The van der Waals surface area contributed by atoms with E-state index in [2.05, 4.69) is 0 Å². The van der Waals surface area contributed by atoms with Gasteiger partial charge in [0.25, 0.3) is 5.17 Å². The average molecular weight is 236 g/mol. The van der Waals surface area contributed by atoms with Crippen molar-refractivity contribution >= 4 is 40.1 Å². The van der Waals surface area contributed by atoms with Gasteiger partial charge in [0, 0.05) is 15.8 Å². The summed E-state index contributed by atoms with van der Waals surface area (Å²) < 4.78 is 0. The summed E-state index contributed by atoms with van der Waals surface area (Å²) in [5.41, 5.74) is 6.28. The summed E-state index contributed by atoms with van der Waals surface area (Å²) in [6.45, 7) is 0. The van der Waals surface area contributed by atoms with E-state index in [4.69, 9.17) is 34.3 Å². The molecule has 2 nitrogen and oxygen atoms in total. The molecular formula is C8H9Cl2N2S+. The Labute approximate surface area is 90.9 Å². The van der Waals surface area contributed by atoms with Gasteiger partial charge in [-0.1, -0.05) is 29.3 Å². The van der Waals surface area contributed by atoms with Gasteiger partial charge in [-0.25, -0.2) is 0 Å². The molecule has 0 aliphatic carbocycles. The molecule has 0 bridgehead atoms. The van der Waals surface area contributed by atoms with E-state index in [0.29, 0.717) is 21.0 Å². The Balaban J connectivity index is 2.72. The summed E-state index contributed by atoms with van der Waals surface area (Å²) in [7, 11) is 0. The van der Waals surface area contributed by atoms with E-state index in [-0.39, 0.29) is 0 Å². The predicted molar refractivity (Wildman–Crippen MR) is 58.9 cm³/mol. The molecule has 0 spiro atoms. The third kappa shape index (κ3) is 3.46.